The largest absolute Gasteiger partial charge is 0.392 e. The van der Waals surface area contributed by atoms with Gasteiger partial charge in [0, 0.05) is 28.4 Å². The van der Waals surface area contributed by atoms with E-state index in [-0.39, 0.29) is 6.61 Å². The van der Waals surface area contributed by atoms with E-state index in [2.05, 4.69) is 10.3 Å². The summed E-state index contributed by atoms with van der Waals surface area (Å²) in [4.78, 5) is 4.01. The first-order valence-corrected chi connectivity index (χ1v) is 6.18. The predicted octanol–water partition coefficient (Wildman–Crippen LogP) is 3.49. The van der Waals surface area contributed by atoms with Crippen molar-refractivity contribution in [3.63, 3.8) is 0 Å². The number of hydrogen-bond donors (Lipinski definition) is 2. The van der Waals surface area contributed by atoms with Crippen LogP contribution in [0.1, 0.15) is 11.1 Å². The van der Waals surface area contributed by atoms with Crippen LogP contribution in [0.5, 0.6) is 0 Å². The monoisotopic (exact) mass is 282 g/mol. The van der Waals surface area contributed by atoms with Crippen molar-refractivity contribution >= 4 is 28.9 Å². The molecule has 0 aliphatic carbocycles. The molecule has 0 amide bonds. The van der Waals surface area contributed by atoms with Crippen molar-refractivity contribution in [2.45, 2.75) is 13.2 Å². The SMILES string of the molecule is OCc1ccncc1NCc1ccc(Cl)cc1Cl. The lowest BCUT2D eigenvalue weighted by atomic mass is 10.2. The summed E-state index contributed by atoms with van der Waals surface area (Å²) < 4.78 is 0. The second kappa shape index (κ2) is 6.05. The van der Waals surface area contributed by atoms with Gasteiger partial charge in [0.15, 0.2) is 0 Å². The van der Waals surface area contributed by atoms with Crippen molar-refractivity contribution in [2.75, 3.05) is 5.32 Å². The molecule has 2 rings (SSSR count). The fourth-order valence-corrected chi connectivity index (χ4v) is 2.05. The average molecular weight is 283 g/mol. The van der Waals surface area contributed by atoms with Gasteiger partial charge in [-0.1, -0.05) is 29.3 Å². The Kier molecular flexibility index (Phi) is 4.42. The van der Waals surface area contributed by atoms with E-state index in [1.807, 2.05) is 6.07 Å². The minimum atomic E-state index is -0.0286. The zero-order valence-corrected chi connectivity index (χ0v) is 11.0. The van der Waals surface area contributed by atoms with Crippen LogP contribution in [0.2, 0.25) is 10.0 Å². The van der Waals surface area contributed by atoms with E-state index in [9.17, 15) is 5.11 Å². The van der Waals surface area contributed by atoms with Gasteiger partial charge in [0.2, 0.25) is 0 Å². The van der Waals surface area contributed by atoms with Crippen molar-refractivity contribution in [2.24, 2.45) is 0 Å². The van der Waals surface area contributed by atoms with Crippen molar-refractivity contribution in [3.8, 4) is 0 Å². The van der Waals surface area contributed by atoms with E-state index in [1.54, 1.807) is 30.6 Å². The number of pyridine rings is 1. The standard InChI is InChI=1S/C13H12Cl2N2O/c14-11-2-1-9(12(15)5-11)6-17-13-7-16-4-3-10(13)8-18/h1-5,7,17-18H,6,8H2. The lowest BCUT2D eigenvalue weighted by Gasteiger charge is -2.11. The van der Waals surface area contributed by atoms with E-state index in [0.29, 0.717) is 16.6 Å². The number of benzene rings is 1. The topological polar surface area (TPSA) is 45.2 Å². The van der Waals surface area contributed by atoms with Crippen LogP contribution in [0.25, 0.3) is 0 Å². The van der Waals surface area contributed by atoms with Gasteiger partial charge in [-0.25, -0.2) is 0 Å². The number of hydrogen-bond acceptors (Lipinski definition) is 3. The average Bonchev–Trinajstić information content (AvgIpc) is 2.38. The highest BCUT2D eigenvalue weighted by atomic mass is 35.5. The molecule has 2 N–H and O–H groups in total. The molecule has 2 aromatic rings. The van der Waals surface area contributed by atoms with E-state index >= 15 is 0 Å². The van der Waals surface area contributed by atoms with E-state index in [0.717, 1.165) is 16.8 Å². The highest BCUT2D eigenvalue weighted by Crippen LogP contribution is 2.22. The van der Waals surface area contributed by atoms with Gasteiger partial charge in [-0.2, -0.15) is 0 Å². The van der Waals surface area contributed by atoms with E-state index in [4.69, 9.17) is 23.2 Å². The molecule has 5 heteroatoms. The Morgan fingerprint density at radius 2 is 2.00 bits per heavy atom. The van der Waals surface area contributed by atoms with Crippen LogP contribution in [-0.4, -0.2) is 10.1 Å². The molecular weight excluding hydrogens is 271 g/mol. The Bertz CT molecular complexity index is 546. The maximum Gasteiger partial charge on any atom is 0.0703 e. The molecule has 0 radical (unpaired) electrons. The summed E-state index contributed by atoms with van der Waals surface area (Å²) in [6, 6.07) is 7.13. The molecule has 1 aromatic carbocycles. The first kappa shape index (κ1) is 13.1. The first-order valence-electron chi connectivity index (χ1n) is 5.42. The summed E-state index contributed by atoms with van der Waals surface area (Å²) in [5, 5.41) is 13.6. The van der Waals surface area contributed by atoms with Gasteiger partial charge in [-0.3, -0.25) is 4.98 Å². The van der Waals surface area contributed by atoms with Gasteiger partial charge in [-0.15, -0.1) is 0 Å². The molecule has 0 atom stereocenters. The lowest BCUT2D eigenvalue weighted by Crippen LogP contribution is -2.03. The van der Waals surface area contributed by atoms with Crippen LogP contribution < -0.4 is 5.32 Å². The molecular formula is C13H12Cl2N2O. The summed E-state index contributed by atoms with van der Waals surface area (Å²) >= 11 is 11.9. The Hall–Kier alpha value is -1.29. The fourth-order valence-electron chi connectivity index (χ4n) is 1.58. The van der Waals surface area contributed by atoms with Gasteiger partial charge >= 0.3 is 0 Å². The number of anilines is 1. The summed E-state index contributed by atoms with van der Waals surface area (Å²) in [7, 11) is 0. The Morgan fingerprint density at radius 3 is 2.72 bits per heavy atom. The van der Waals surface area contributed by atoms with Crippen LogP contribution in [0, 0.1) is 0 Å². The number of nitrogens with one attached hydrogen (secondary N) is 1. The summed E-state index contributed by atoms with van der Waals surface area (Å²) in [5.74, 6) is 0. The first-order chi connectivity index (χ1) is 8.70. The van der Waals surface area contributed by atoms with Gasteiger partial charge < -0.3 is 10.4 Å². The van der Waals surface area contributed by atoms with Crippen molar-refractivity contribution in [1.82, 2.24) is 4.98 Å². The van der Waals surface area contributed by atoms with Crippen LogP contribution in [-0.2, 0) is 13.2 Å². The summed E-state index contributed by atoms with van der Waals surface area (Å²) in [5.41, 5.74) is 2.54. The fraction of sp³-hybridized carbons (Fsp3) is 0.154. The predicted molar refractivity (Wildman–Crippen MR) is 73.9 cm³/mol. The summed E-state index contributed by atoms with van der Waals surface area (Å²) in [6.45, 7) is 0.522. The van der Waals surface area contributed by atoms with E-state index in [1.165, 1.54) is 0 Å². The highest BCUT2D eigenvalue weighted by molar-refractivity contribution is 6.35. The second-order valence-corrected chi connectivity index (χ2v) is 4.62. The molecule has 0 aliphatic heterocycles. The number of aliphatic hydroxyl groups excluding tert-OH is 1. The van der Waals surface area contributed by atoms with Crippen LogP contribution >= 0.6 is 23.2 Å². The zero-order valence-electron chi connectivity index (χ0n) is 9.53. The number of aliphatic hydroxyl groups is 1. The minimum Gasteiger partial charge on any atom is -0.392 e. The molecule has 0 saturated carbocycles. The molecule has 3 nitrogen and oxygen atoms in total. The maximum absolute atomic E-state index is 9.20. The molecule has 1 heterocycles. The van der Waals surface area contributed by atoms with Gasteiger partial charge in [0.25, 0.3) is 0 Å². The van der Waals surface area contributed by atoms with E-state index < -0.39 is 0 Å². The molecule has 0 bridgehead atoms. The molecule has 94 valence electrons. The number of halogens is 2. The van der Waals surface area contributed by atoms with Crippen molar-refractivity contribution in [1.29, 1.82) is 0 Å². The smallest absolute Gasteiger partial charge is 0.0703 e. The minimum absolute atomic E-state index is 0.0286. The molecule has 1 aromatic heterocycles. The van der Waals surface area contributed by atoms with Gasteiger partial charge in [0.1, 0.15) is 0 Å². The molecule has 0 unspecified atom stereocenters. The highest BCUT2D eigenvalue weighted by Gasteiger charge is 2.04. The molecule has 18 heavy (non-hydrogen) atoms. The Balaban J connectivity index is 2.11. The molecule has 0 saturated heterocycles. The summed E-state index contributed by atoms with van der Waals surface area (Å²) in [6.07, 6.45) is 3.32. The third-order valence-electron chi connectivity index (χ3n) is 2.57. The zero-order chi connectivity index (χ0) is 13.0. The maximum atomic E-state index is 9.20. The van der Waals surface area contributed by atoms with Crippen molar-refractivity contribution in [3.05, 3.63) is 57.8 Å². The second-order valence-electron chi connectivity index (χ2n) is 3.78. The Labute approximate surface area is 115 Å². The number of rotatable bonds is 4. The number of aromatic nitrogens is 1. The lowest BCUT2D eigenvalue weighted by molar-refractivity contribution is 0.282. The third-order valence-corrected chi connectivity index (χ3v) is 3.15. The third kappa shape index (κ3) is 3.13. The van der Waals surface area contributed by atoms with Gasteiger partial charge in [-0.05, 0) is 23.8 Å². The van der Waals surface area contributed by atoms with Crippen LogP contribution in [0.3, 0.4) is 0 Å². The Morgan fingerprint density at radius 1 is 1.17 bits per heavy atom. The van der Waals surface area contributed by atoms with Crippen LogP contribution in [0.15, 0.2) is 36.7 Å². The van der Waals surface area contributed by atoms with Crippen LogP contribution in [0.4, 0.5) is 5.69 Å². The normalized spacial score (nSPS) is 10.4. The van der Waals surface area contributed by atoms with Crippen molar-refractivity contribution < 1.29 is 5.11 Å². The molecule has 0 fully saturated rings. The number of nitrogens with zero attached hydrogens (tertiary/aromatic N) is 1. The molecule has 0 aliphatic rings. The quantitative estimate of drug-likeness (QED) is 0.902. The molecule has 0 spiro atoms. The van der Waals surface area contributed by atoms with Gasteiger partial charge in [0.05, 0.1) is 18.5 Å².